The minimum atomic E-state index is -0.909. The largest absolute Gasteiger partial charge is 0.379 e. The van der Waals surface area contributed by atoms with Crippen LogP contribution >= 0.6 is 0 Å². The van der Waals surface area contributed by atoms with Crippen LogP contribution < -0.4 is 11.1 Å². The highest BCUT2D eigenvalue weighted by molar-refractivity contribution is 5.86. The van der Waals surface area contributed by atoms with Gasteiger partial charge in [-0.2, -0.15) is 0 Å². The normalized spacial score (nSPS) is 25.1. The molecule has 2 rings (SSSR count). The molecule has 1 aromatic rings. The summed E-state index contributed by atoms with van der Waals surface area (Å²) in [6, 6.07) is -0.176. The number of nitrogens with two attached hydrogens (primary N) is 1. The van der Waals surface area contributed by atoms with E-state index in [0.29, 0.717) is 18.8 Å². The van der Waals surface area contributed by atoms with Gasteiger partial charge in [0.15, 0.2) is 0 Å². The molecule has 6 heteroatoms. The Morgan fingerprint density at radius 1 is 1.56 bits per heavy atom. The van der Waals surface area contributed by atoms with Crippen LogP contribution in [0.5, 0.6) is 0 Å². The molecule has 1 saturated heterocycles. The molecule has 0 bridgehead atoms. The molecule has 1 aromatic heterocycles. The van der Waals surface area contributed by atoms with Crippen molar-refractivity contribution in [3.63, 3.8) is 0 Å². The van der Waals surface area contributed by atoms with Gasteiger partial charge in [0.2, 0.25) is 5.91 Å². The van der Waals surface area contributed by atoms with Crippen LogP contribution in [0.2, 0.25) is 0 Å². The van der Waals surface area contributed by atoms with Gasteiger partial charge < -0.3 is 20.3 Å². The summed E-state index contributed by atoms with van der Waals surface area (Å²) in [7, 11) is 0. The summed E-state index contributed by atoms with van der Waals surface area (Å²) in [5.74, 6) is 0.529. The third kappa shape index (κ3) is 2.26. The Labute approximate surface area is 106 Å². The predicted octanol–water partition coefficient (Wildman–Crippen LogP) is 0.586. The van der Waals surface area contributed by atoms with E-state index in [0.717, 1.165) is 11.3 Å². The van der Waals surface area contributed by atoms with Crippen LogP contribution in [0.25, 0.3) is 0 Å². The molecule has 1 amide bonds. The highest BCUT2D eigenvalue weighted by Gasteiger charge is 2.39. The number of carbonyl (C=O) groups is 1. The highest BCUT2D eigenvalue weighted by atomic mass is 16.5. The SMILES string of the molecule is Cc1noc(C)c1C(C)NC(=O)C1(N)CCOC1. The van der Waals surface area contributed by atoms with E-state index >= 15 is 0 Å². The van der Waals surface area contributed by atoms with Crippen LogP contribution in [-0.4, -0.2) is 29.8 Å². The third-order valence-corrected chi connectivity index (χ3v) is 3.37. The van der Waals surface area contributed by atoms with E-state index in [1.54, 1.807) is 0 Å². The van der Waals surface area contributed by atoms with Crippen molar-refractivity contribution in [3.8, 4) is 0 Å². The van der Waals surface area contributed by atoms with Crippen LogP contribution in [0.4, 0.5) is 0 Å². The van der Waals surface area contributed by atoms with Gasteiger partial charge in [-0.25, -0.2) is 0 Å². The second kappa shape index (κ2) is 4.70. The van der Waals surface area contributed by atoms with E-state index < -0.39 is 5.54 Å². The molecule has 100 valence electrons. The minimum absolute atomic E-state index is 0.176. The summed E-state index contributed by atoms with van der Waals surface area (Å²) in [5.41, 5.74) is 6.79. The van der Waals surface area contributed by atoms with Gasteiger partial charge >= 0.3 is 0 Å². The lowest BCUT2D eigenvalue weighted by Crippen LogP contribution is -2.55. The average molecular weight is 253 g/mol. The summed E-state index contributed by atoms with van der Waals surface area (Å²) >= 11 is 0. The fourth-order valence-corrected chi connectivity index (χ4v) is 2.28. The standard InChI is InChI=1S/C12H19N3O3/c1-7(10-8(2)15-18-9(10)3)14-11(16)12(13)4-5-17-6-12/h7H,4-6,13H2,1-3H3,(H,14,16). The third-order valence-electron chi connectivity index (χ3n) is 3.37. The Balaban J connectivity index is 2.08. The van der Waals surface area contributed by atoms with Crippen LogP contribution in [0, 0.1) is 13.8 Å². The van der Waals surface area contributed by atoms with Crippen molar-refractivity contribution in [2.24, 2.45) is 5.73 Å². The zero-order valence-electron chi connectivity index (χ0n) is 10.9. The van der Waals surface area contributed by atoms with Gasteiger partial charge in [-0.15, -0.1) is 0 Å². The number of ether oxygens (including phenoxy) is 1. The van der Waals surface area contributed by atoms with Crippen molar-refractivity contribution >= 4 is 5.91 Å². The van der Waals surface area contributed by atoms with Gasteiger partial charge in [-0.3, -0.25) is 4.79 Å². The maximum Gasteiger partial charge on any atom is 0.243 e. The summed E-state index contributed by atoms with van der Waals surface area (Å²) in [6.07, 6.45) is 0.549. The number of amides is 1. The molecule has 2 heterocycles. The summed E-state index contributed by atoms with van der Waals surface area (Å²) in [5, 5.41) is 6.78. The second-order valence-electron chi connectivity index (χ2n) is 4.89. The molecule has 0 radical (unpaired) electrons. The smallest absolute Gasteiger partial charge is 0.243 e. The molecular formula is C12H19N3O3. The fourth-order valence-electron chi connectivity index (χ4n) is 2.28. The van der Waals surface area contributed by atoms with Crippen molar-refractivity contribution in [1.29, 1.82) is 0 Å². The fraction of sp³-hybridized carbons (Fsp3) is 0.667. The molecule has 1 aliphatic rings. The number of carbonyl (C=O) groups excluding carboxylic acids is 1. The van der Waals surface area contributed by atoms with Crippen molar-refractivity contribution in [3.05, 3.63) is 17.0 Å². The van der Waals surface area contributed by atoms with Crippen molar-refractivity contribution in [1.82, 2.24) is 10.5 Å². The maximum absolute atomic E-state index is 12.1. The van der Waals surface area contributed by atoms with E-state index in [9.17, 15) is 4.79 Å². The lowest BCUT2D eigenvalue weighted by molar-refractivity contribution is -0.127. The number of aromatic nitrogens is 1. The Morgan fingerprint density at radius 2 is 2.28 bits per heavy atom. The van der Waals surface area contributed by atoms with E-state index in [1.165, 1.54) is 0 Å². The molecule has 0 saturated carbocycles. The van der Waals surface area contributed by atoms with Gasteiger partial charge in [0.1, 0.15) is 11.3 Å². The molecule has 0 spiro atoms. The highest BCUT2D eigenvalue weighted by Crippen LogP contribution is 2.23. The van der Waals surface area contributed by atoms with E-state index in [4.69, 9.17) is 15.0 Å². The number of rotatable bonds is 3. The number of nitrogens with zero attached hydrogens (tertiary/aromatic N) is 1. The van der Waals surface area contributed by atoms with Crippen LogP contribution in [0.1, 0.15) is 36.4 Å². The Bertz CT molecular complexity index is 430. The van der Waals surface area contributed by atoms with E-state index in [2.05, 4.69) is 10.5 Å². The van der Waals surface area contributed by atoms with Crippen LogP contribution in [0.3, 0.4) is 0 Å². The Kier molecular flexibility index (Phi) is 3.41. The van der Waals surface area contributed by atoms with Gasteiger partial charge in [0, 0.05) is 12.2 Å². The Morgan fingerprint density at radius 3 is 2.78 bits per heavy atom. The summed E-state index contributed by atoms with van der Waals surface area (Å²) < 4.78 is 10.3. The predicted molar refractivity (Wildman–Crippen MR) is 64.9 cm³/mol. The second-order valence-corrected chi connectivity index (χ2v) is 4.89. The lowest BCUT2D eigenvalue weighted by Gasteiger charge is -2.23. The summed E-state index contributed by atoms with van der Waals surface area (Å²) in [4.78, 5) is 12.1. The van der Waals surface area contributed by atoms with Crippen molar-refractivity contribution < 1.29 is 14.1 Å². The number of aryl methyl sites for hydroxylation is 2. The molecule has 0 aliphatic carbocycles. The molecule has 1 fully saturated rings. The lowest BCUT2D eigenvalue weighted by atomic mass is 9.98. The van der Waals surface area contributed by atoms with Gasteiger partial charge in [-0.05, 0) is 27.2 Å². The quantitative estimate of drug-likeness (QED) is 0.822. The van der Waals surface area contributed by atoms with E-state index in [-0.39, 0.29) is 18.6 Å². The monoisotopic (exact) mass is 253 g/mol. The molecule has 6 nitrogen and oxygen atoms in total. The van der Waals surface area contributed by atoms with Gasteiger partial charge in [0.05, 0.1) is 18.3 Å². The van der Waals surface area contributed by atoms with Crippen LogP contribution in [0.15, 0.2) is 4.52 Å². The van der Waals surface area contributed by atoms with Gasteiger partial charge in [0.25, 0.3) is 0 Å². The zero-order chi connectivity index (χ0) is 13.3. The molecule has 2 atom stereocenters. The molecule has 3 N–H and O–H groups in total. The zero-order valence-corrected chi connectivity index (χ0v) is 10.9. The van der Waals surface area contributed by atoms with Crippen molar-refractivity contribution in [2.45, 2.75) is 38.8 Å². The number of hydrogen-bond acceptors (Lipinski definition) is 5. The van der Waals surface area contributed by atoms with E-state index in [1.807, 2.05) is 20.8 Å². The first-order valence-corrected chi connectivity index (χ1v) is 6.04. The first-order chi connectivity index (χ1) is 8.44. The summed E-state index contributed by atoms with van der Waals surface area (Å²) in [6.45, 7) is 6.38. The Hall–Kier alpha value is -1.40. The molecule has 1 aliphatic heterocycles. The topological polar surface area (TPSA) is 90.4 Å². The number of nitrogens with one attached hydrogen (secondary N) is 1. The van der Waals surface area contributed by atoms with Gasteiger partial charge in [-0.1, -0.05) is 5.16 Å². The molecule has 18 heavy (non-hydrogen) atoms. The molecular weight excluding hydrogens is 234 g/mol. The van der Waals surface area contributed by atoms with Crippen LogP contribution in [-0.2, 0) is 9.53 Å². The molecule has 2 unspecified atom stereocenters. The van der Waals surface area contributed by atoms with Crippen molar-refractivity contribution in [2.75, 3.05) is 13.2 Å². The number of hydrogen-bond donors (Lipinski definition) is 2. The first-order valence-electron chi connectivity index (χ1n) is 6.04. The average Bonchev–Trinajstić information content (AvgIpc) is 2.87. The first kappa shape index (κ1) is 13.0. The maximum atomic E-state index is 12.1. The molecule has 0 aromatic carbocycles. The minimum Gasteiger partial charge on any atom is -0.379 e.